The zero-order chi connectivity index (χ0) is 11.3. The summed E-state index contributed by atoms with van der Waals surface area (Å²) in [5, 5.41) is 8.83. The molecule has 1 aliphatic rings. The van der Waals surface area contributed by atoms with Crippen molar-refractivity contribution in [2.75, 3.05) is 33.2 Å². The zero-order valence-electron chi connectivity index (χ0n) is 9.78. The van der Waals surface area contributed by atoms with Crippen molar-refractivity contribution >= 4 is 5.97 Å². The Balaban J connectivity index is 2.52. The Morgan fingerprint density at radius 1 is 1.53 bits per heavy atom. The first-order chi connectivity index (χ1) is 7.13. The van der Waals surface area contributed by atoms with Gasteiger partial charge in [0.25, 0.3) is 0 Å². The highest BCUT2D eigenvalue weighted by atomic mass is 16.4. The number of carbonyl (C=O) groups is 1. The smallest absolute Gasteiger partial charge is 0.317 e. The van der Waals surface area contributed by atoms with E-state index in [1.165, 1.54) is 12.8 Å². The molecule has 1 aliphatic heterocycles. The molecular formula is C11H22N2O2. The van der Waals surface area contributed by atoms with Gasteiger partial charge in [0.1, 0.15) is 0 Å². The number of rotatable bonds is 4. The lowest BCUT2D eigenvalue weighted by Gasteiger charge is -2.30. The molecule has 0 bridgehead atoms. The van der Waals surface area contributed by atoms with E-state index in [2.05, 4.69) is 16.8 Å². The molecule has 1 fully saturated rings. The van der Waals surface area contributed by atoms with Crippen molar-refractivity contribution < 1.29 is 9.90 Å². The maximum absolute atomic E-state index is 10.7. The summed E-state index contributed by atoms with van der Waals surface area (Å²) in [6.45, 7) is 5.18. The van der Waals surface area contributed by atoms with Crippen LogP contribution in [0, 0.1) is 0 Å². The largest absolute Gasteiger partial charge is 0.480 e. The van der Waals surface area contributed by atoms with Gasteiger partial charge >= 0.3 is 5.97 Å². The molecule has 4 nitrogen and oxygen atoms in total. The Morgan fingerprint density at radius 3 is 2.87 bits per heavy atom. The fraction of sp³-hybridized carbons (Fsp3) is 0.909. The Morgan fingerprint density at radius 2 is 2.27 bits per heavy atom. The van der Waals surface area contributed by atoms with Gasteiger partial charge in [0.05, 0.1) is 6.54 Å². The number of likely N-dealkylation sites (tertiary alicyclic amines) is 1. The lowest BCUT2D eigenvalue weighted by atomic mass is 10.1. The van der Waals surface area contributed by atoms with Crippen LogP contribution in [0.4, 0.5) is 0 Å². The third-order valence-electron chi connectivity index (χ3n) is 3.11. The van der Waals surface area contributed by atoms with Gasteiger partial charge < -0.3 is 10.0 Å². The van der Waals surface area contributed by atoms with Crippen LogP contribution in [0.2, 0.25) is 0 Å². The summed E-state index contributed by atoms with van der Waals surface area (Å²) in [5.74, 6) is -0.719. The molecule has 0 saturated carbocycles. The number of nitrogens with zero attached hydrogens (tertiary/aromatic N) is 2. The van der Waals surface area contributed by atoms with Gasteiger partial charge in [-0.3, -0.25) is 9.69 Å². The predicted molar refractivity (Wildman–Crippen MR) is 60.0 cm³/mol. The summed E-state index contributed by atoms with van der Waals surface area (Å²) >= 11 is 0. The average molecular weight is 214 g/mol. The fourth-order valence-electron chi connectivity index (χ4n) is 2.27. The summed E-state index contributed by atoms with van der Waals surface area (Å²) < 4.78 is 0. The van der Waals surface area contributed by atoms with E-state index in [0.717, 1.165) is 26.1 Å². The second kappa shape index (κ2) is 6.08. The minimum atomic E-state index is -0.719. The molecule has 0 amide bonds. The van der Waals surface area contributed by atoms with Gasteiger partial charge in [-0.1, -0.05) is 13.3 Å². The minimum absolute atomic E-state index is 0.176. The van der Waals surface area contributed by atoms with Gasteiger partial charge in [-0.2, -0.15) is 0 Å². The van der Waals surface area contributed by atoms with Gasteiger partial charge in [-0.05, 0) is 33.0 Å². The predicted octanol–water partition coefficient (Wildman–Crippen LogP) is 0.877. The van der Waals surface area contributed by atoms with Crippen molar-refractivity contribution in [1.82, 2.24) is 9.80 Å². The first-order valence-electron chi connectivity index (χ1n) is 5.78. The lowest BCUT2D eigenvalue weighted by molar-refractivity contribution is -0.139. The lowest BCUT2D eigenvalue weighted by Crippen LogP contribution is -2.44. The SMILES string of the molecule is CCN(CC(=O)O)C1CCCCN(C)C1. The van der Waals surface area contributed by atoms with Gasteiger partial charge in [0.2, 0.25) is 0 Å². The van der Waals surface area contributed by atoms with Crippen molar-refractivity contribution in [3.05, 3.63) is 0 Å². The van der Waals surface area contributed by atoms with Crippen LogP contribution >= 0.6 is 0 Å². The van der Waals surface area contributed by atoms with E-state index in [1.54, 1.807) is 0 Å². The summed E-state index contributed by atoms with van der Waals surface area (Å²) in [6.07, 6.45) is 3.58. The van der Waals surface area contributed by atoms with Crippen molar-refractivity contribution in [1.29, 1.82) is 0 Å². The van der Waals surface area contributed by atoms with E-state index in [0.29, 0.717) is 6.04 Å². The van der Waals surface area contributed by atoms with E-state index in [1.807, 2.05) is 6.92 Å². The quantitative estimate of drug-likeness (QED) is 0.754. The average Bonchev–Trinajstić information content (AvgIpc) is 2.39. The van der Waals surface area contributed by atoms with Crippen molar-refractivity contribution in [3.8, 4) is 0 Å². The molecule has 0 aliphatic carbocycles. The van der Waals surface area contributed by atoms with Crippen LogP contribution in [-0.2, 0) is 4.79 Å². The first kappa shape index (κ1) is 12.5. The van der Waals surface area contributed by atoms with E-state index in [4.69, 9.17) is 5.11 Å². The second-order valence-electron chi connectivity index (χ2n) is 4.37. The minimum Gasteiger partial charge on any atom is -0.480 e. The Kier molecular flexibility index (Phi) is 5.05. The maximum atomic E-state index is 10.7. The molecule has 0 aromatic rings. The number of carboxylic acids is 1. The standard InChI is InChI=1S/C11H22N2O2/c1-3-13(9-11(14)15)10-6-4-5-7-12(2)8-10/h10H,3-9H2,1-2H3,(H,14,15). The molecule has 0 spiro atoms. The highest BCUT2D eigenvalue weighted by Crippen LogP contribution is 2.14. The third kappa shape index (κ3) is 4.18. The number of hydrogen-bond donors (Lipinski definition) is 1. The molecule has 1 rings (SSSR count). The monoisotopic (exact) mass is 214 g/mol. The van der Waals surface area contributed by atoms with Gasteiger partial charge in [-0.15, -0.1) is 0 Å². The van der Waals surface area contributed by atoms with Crippen LogP contribution in [0.1, 0.15) is 26.2 Å². The molecule has 0 aromatic carbocycles. The van der Waals surface area contributed by atoms with Crippen LogP contribution in [0.15, 0.2) is 0 Å². The molecule has 15 heavy (non-hydrogen) atoms. The molecule has 1 heterocycles. The van der Waals surface area contributed by atoms with E-state index >= 15 is 0 Å². The topological polar surface area (TPSA) is 43.8 Å². The third-order valence-corrected chi connectivity index (χ3v) is 3.11. The number of carboxylic acid groups (broad SMARTS) is 1. The summed E-state index contributed by atoms with van der Waals surface area (Å²) in [5.41, 5.74) is 0. The summed E-state index contributed by atoms with van der Waals surface area (Å²) in [4.78, 5) is 15.1. The molecule has 1 atom stereocenters. The van der Waals surface area contributed by atoms with Gasteiger partial charge in [0.15, 0.2) is 0 Å². The Hall–Kier alpha value is -0.610. The number of likely N-dealkylation sites (N-methyl/N-ethyl adjacent to an activating group) is 2. The van der Waals surface area contributed by atoms with Crippen LogP contribution < -0.4 is 0 Å². The summed E-state index contributed by atoms with van der Waals surface area (Å²) in [6, 6.07) is 0.415. The number of hydrogen-bond acceptors (Lipinski definition) is 3. The maximum Gasteiger partial charge on any atom is 0.317 e. The Labute approximate surface area is 91.9 Å². The molecule has 88 valence electrons. The molecule has 1 N–H and O–H groups in total. The highest BCUT2D eigenvalue weighted by molar-refractivity contribution is 5.69. The highest BCUT2D eigenvalue weighted by Gasteiger charge is 2.22. The normalized spacial score (nSPS) is 24.1. The molecule has 1 saturated heterocycles. The van der Waals surface area contributed by atoms with Gasteiger partial charge in [0, 0.05) is 12.6 Å². The summed E-state index contributed by atoms with van der Waals surface area (Å²) in [7, 11) is 2.12. The van der Waals surface area contributed by atoms with Crippen LogP contribution in [0.25, 0.3) is 0 Å². The van der Waals surface area contributed by atoms with Crippen LogP contribution in [0.5, 0.6) is 0 Å². The van der Waals surface area contributed by atoms with Crippen LogP contribution in [0.3, 0.4) is 0 Å². The number of aliphatic carboxylic acids is 1. The van der Waals surface area contributed by atoms with E-state index < -0.39 is 5.97 Å². The Bertz CT molecular complexity index is 209. The first-order valence-corrected chi connectivity index (χ1v) is 5.78. The molecule has 0 radical (unpaired) electrons. The van der Waals surface area contributed by atoms with Crippen LogP contribution in [-0.4, -0.2) is 60.1 Å². The molecule has 0 aromatic heterocycles. The molecular weight excluding hydrogens is 192 g/mol. The fourth-order valence-corrected chi connectivity index (χ4v) is 2.27. The molecule has 4 heteroatoms. The van der Waals surface area contributed by atoms with Crippen molar-refractivity contribution in [2.45, 2.75) is 32.2 Å². The van der Waals surface area contributed by atoms with E-state index in [9.17, 15) is 4.79 Å². The van der Waals surface area contributed by atoms with E-state index in [-0.39, 0.29) is 6.54 Å². The second-order valence-corrected chi connectivity index (χ2v) is 4.37. The van der Waals surface area contributed by atoms with Gasteiger partial charge in [-0.25, -0.2) is 0 Å². The molecule has 1 unspecified atom stereocenters. The zero-order valence-corrected chi connectivity index (χ0v) is 9.78. The van der Waals surface area contributed by atoms with Crippen molar-refractivity contribution in [2.24, 2.45) is 0 Å². The van der Waals surface area contributed by atoms with Crippen molar-refractivity contribution in [3.63, 3.8) is 0 Å².